The van der Waals surface area contributed by atoms with Crippen molar-refractivity contribution in [1.29, 1.82) is 0 Å². The first kappa shape index (κ1) is 15.9. The summed E-state index contributed by atoms with van der Waals surface area (Å²) >= 11 is 0. The van der Waals surface area contributed by atoms with Crippen LogP contribution >= 0.6 is 0 Å². The second-order valence-electron chi connectivity index (χ2n) is 4.79. The lowest BCUT2D eigenvalue weighted by Crippen LogP contribution is -2.49. The van der Waals surface area contributed by atoms with Crippen molar-refractivity contribution in [3.8, 4) is 0 Å². The highest BCUT2D eigenvalue weighted by molar-refractivity contribution is 5.95. The number of esters is 1. The SMILES string of the molecule is CC(C)OC(=O)C1=C(C(F)(F)F)NC(=O)NC1c1ccco1. The van der Waals surface area contributed by atoms with Crippen LogP contribution in [-0.4, -0.2) is 24.3 Å². The van der Waals surface area contributed by atoms with E-state index in [-0.39, 0.29) is 5.76 Å². The molecular weight excluding hydrogens is 305 g/mol. The molecule has 6 nitrogen and oxygen atoms in total. The Morgan fingerprint density at radius 3 is 2.59 bits per heavy atom. The number of allylic oxidation sites excluding steroid dienone is 1. The Bertz CT molecular complexity index is 605. The summed E-state index contributed by atoms with van der Waals surface area (Å²) in [5.41, 5.74) is -2.21. The normalized spacial score (nSPS) is 19.0. The minimum absolute atomic E-state index is 0.00712. The van der Waals surface area contributed by atoms with Gasteiger partial charge in [0, 0.05) is 0 Å². The molecule has 0 aromatic carbocycles. The van der Waals surface area contributed by atoms with E-state index in [2.05, 4.69) is 5.32 Å². The molecule has 0 spiro atoms. The van der Waals surface area contributed by atoms with E-state index >= 15 is 0 Å². The molecule has 2 N–H and O–H groups in total. The lowest BCUT2D eigenvalue weighted by molar-refractivity contribution is -0.144. The molecule has 22 heavy (non-hydrogen) atoms. The molecule has 0 saturated heterocycles. The fraction of sp³-hybridized carbons (Fsp3) is 0.385. The van der Waals surface area contributed by atoms with E-state index in [1.165, 1.54) is 32.2 Å². The van der Waals surface area contributed by atoms with Crippen LogP contribution in [0.25, 0.3) is 0 Å². The number of rotatable bonds is 3. The Morgan fingerprint density at radius 1 is 1.41 bits per heavy atom. The number of hydrogen-bond acceptors (Lipinski definition) is 4. The second kappa shape index (κ2) is 5.74. The number of urea groups is 1. The average Bonchev–Trinajstić information content (AvgIpc) is 2.89. The molecule has 1 aromatic heterocycles. The Labute approximate surface area is 123 Å². The molecule has 1 aromatic rings. The fourth-order valence-electron chi connectivity index (χ4n) is 1.95. The largest absolute Gasteiger partial charge is 0.467 e. The summed E-state index contributed by atoms with van der Waals surface area (Å²) in [6, 6.07) is 0.316. The van der Waals surface area contributed by atoms with E-state index in [0.29, 0.717) is 0 Å². The maximum Gasteiger partial charge on any atom is 0.432 e. The van der Waals surface area contributed by atoms with Gasteiger partial charge in [-0.2, -0.15) is 13.2 Å². The quantitative estimate of drug-likeness (QED) is 0.839. The van der Waals surface area contributed by atoms with E-state index in [9.17, 15) is 22.8 Å². The molecule has 1 aliphatic rings. The first-order valence-electron chi connectivity index (χ1n) is 6.33. The Hall–Kier alpha value is -2.45. The van der Waals surface area contributed by atoms with Crippen LogP contribution in [-0.2, 0) is 9.53 Å². The zero-order valence-electron chi connectivity index (χ0n) is 11.7. The summed E-state index contributed by atoms with van der Waals surface area (Å²) in [6.07, 6.45) is -4.32. The van der Waals surface area contributed by atoms with Crippen LogP contribution in [0, 0.1) is 0 Å². The van der Waals surface area contributed by atoms with Gasteiger partial charge in [0.1, 0.15) is 17.5 Å². The highest BCUT2D eigenvalue weighted by Crippen LogP contribution is 2.35. The molecular formula is C13H13F3N2O4. The maximum absolute atomic E-state index is 13.1. The van der Waals surface area contributed by atoms with Crippen LogP contribution in [0.15, 0.2) is 34.1 Å². The van der Waals surface area contributed by atoms with Crippen LogP contribution < -0.4 is 10.6 Å². The third kappa shape index (κ3) is 3.23. The van der Waals surface area contributed by atoms with Gasteiger partial charge in [0.2, 0.25) is 0 Å². The van der Waals surface area contributed by atoms with Crippen molar-refractivity contribution in [2.45, 2.75) is 32.2 Å². The molecule has 0 aliphatic carbocycles. The van der Waals surface area contributed by atoms with Crippen LogP contribution in [0.3, 0.4) is 0 Å². The number of hydrogen-bond donors (Lipinski definition) is 2. The lowest BCUT2D eigenvalue weighted by atomic mass is 10.00. The summed E-state index contributed by atoms with van der Waals surface area (Å²) in [6.45, 7) is 3.00. The van der Waals surface area contributed by atoms with E-state index in [0.717, 1.165) is 0 Å². The van der Waals surface area contributed by atoms with Crippen molar-refractivity contribution in [1.82, 2.24) is 10.6 Å². The maximum atomic E-state index is 13.1. The molecule has 2 rings (SSSR count). The molecule has 0 fully saturated rings. The molecule has 0 radical (unpaired) electrons. The first-order chi connectivity index (χ1) is 10.2. The Balaban J connectivity index is 2.55. The smallest absolute Gasteiger partial charge is 0.432 e. The average molecular weight is 318 g/mol. The zero-order valence-corrected chi connectivity index (χ0v) is 11.7. The molecule has 1 atom stereocenters. The Kier molecular flexibility index (Phi) is 4.16. The van der Waals surface area contributed by atoms with Gasteiger partial charge in [-0.05, 0) is 26.0 Å². The summed E-state index contributed by atoms with van der Waals surface area (Å²) in [7, 11) is 0. The van der Waals surface area contributed by atoms with E-state index in [1.807, 2.05) is 0 Å². The first-order valence-corrected chi connectivity index (χ1v) is 6.33. The predicted octanol–water partition coefficient (Wildman–Crippen LogP) is 2.40. The number of alkyl halides is 3. The van der Waals surface area contributed by atoms with Gasteiger partial charge < -0.3 is 19.8 Å². The van der Waals surface area contributed by atoms with Gasteiger partial charge in [0.25, 0.3) is 0 Å². The van der Waals surface area contributed by atoms with Crippen LogP contribution in [0.4, 0.5) is 18.0 Å². The van der Waals surface area contributed by atoms with Crippen molar-refractivity contribution >= 4 is 12.0 Å². The van der Waals surface area contributed by atoms with Gasteiger partial charge in [0.15, 0.2) is 0 Å². The van der Waals surface area contributed by atoms with E-state index in [4.69, 9.17) is 9.15 Å². The van der Waals surface area contributed by atoms with Gasteiger partial charge in [-0.3, -0.25) is 0 Å². The van der Waals surface area contributed by atoms with Crippen molar-refractivity contribution in [2.75, 3.05) is 0 Å². The summed E-state index contributed by atoms with van der Waals surface area (Å²) < 4.78 is 49.3. The van der Waals surface area contributed by atoms with E-state index < -0.39 is 41.6 Å². The predicted molar refractivity (Wildman–Crippen MR) is 67.4 cm³/mol. The highest BCUT2D eigenvalue weighted by Gasteiger charge is 2.46. The number of halogens is 3. The van der Waals surface area contributed by atoms with Crippen molar-refractivity contribution in [2.24, 2.45) is 0 Å². The third-order valence-corrected chi connectivity index (χ3v) is 2.75. The van der Waals surface area contributed by atoms with Gasteiger partial charge in [-0.25, -0.2) is 9.59 Å². The van der Waals surface area contributed by atoms with E-state index in [1.54, 1.807) is 5.32 Å². The minimum Gasteiger partial charge on any atom is -0.467 e. The molecule has 1 unspecified atom stereocenters. The molecule has 1 aliphatic heterocycles. The minimum atomic E-state index is -4.92. The number of nitrogens with one attached hydrogen (secondary N) is 2. The number of ether oxygens (including phenoxy) is 1. The lowest BCUT2D eigenvalue weighted by Gasteiger charge is -2.29. The fourth-order valence-corrected chi connectivity index (χ4v) is 1.95. The second-order valence-corrected chi connectivity index (χ2v) is 4.79. The van der Waals surface area contributed by atoms with Gasteiger partial charge >= 0.3 is 18.2 Å². The van der Waals surface area contributed by atoms with Crippen molar-refractivity contribution in [3.63, 3.8) is 0 Å². The number of carbonyl (C=O) groups is 2. The molecule has 120 valence electrons. The number of amides is 2. The van der Waals surface area contributed by atoms with Crippen molar-refractivity contribution < 1.29 is 31.9 Å². The van der Waals surface area contributed by atoms with Gasteiger partial charge in [-0.1, -0.05) is 0 Å². The topological polar surface area (TPSA) is 80.6 Å². The summed E-state index contributed by atoms with van der Waals surface area (Å²) in [4.78, 5) is 23.5. The number of carbonyl (C=O) groups excluding carboxylic acids is 2. The van der Waals surface area contributed by atoms with Crippen LogP contribution in [0.1, 0.15) is 25.6 Å². The summed E-state index contributed by atoms with van der Waals surface area (Å²) in [5, 5.41) is 3.84. The molecule has 2 heterocycles. The zero-order chi connectivity index (χ0) is 16.5. The van der Waals surface area contributed by atoms with Crippen LogP contribution in [0.2, 0.25) is 0 Å². The molecule has 2 amide bonds. The molecule has 0 saturated carbocycles. The van der Waals surface area contributed by atoms with Crippen molar-refractivity contribution in [3.05, 3.63) is 35.4 Å². The third-order valence-electron chi connectivity index (χ3n) is 2.75. The van der Waals surface area contributed by atoms with Gasteiger partial charge in [0.05, 0.1) is 17.9 Å². The molecule has 0 bridgehead atoms. The Morgan fingerprint density at radius 2 is 2.09 bits per heavy atom. The number of furan rings is 1. The molecule has 9 heteroatoms. The highest BCUT2D eigenvalue weighted by atomic mass is 19.4. The summed E-state index contributed by atoms with van der Waals surface area (Å²) in [5.74, 6) is -1.19. The van der Waals surface area contributed by atoms with Crippen LogP contribution in [0.5, 0.6) is 0 Å². The standard InChI is InChI=1S/C13H13F3N2O4/c1-6(2)22-11(19)8-9(7-4-3-5-21-7)17-12(20)18-10(8)13(14,15)16/h3-6,9H,1-2H3,(H2,17,18,20). The monoisotopic (exact) mass is 318 g/mol. The van der Waals surface area contributed by atoms with Gasteiger partial charge in [-0.15, -0.1) is 0 Å².